The van der Waals surface area contributed by atoms with Crippen LogP contribution < -0.4 is 5.32 Å². The highest BCUT2D eigenvalue weighted by atomic mass is 16.5. The van der Waals surface area contributed by atoms with Crippen LogP contribution in [-0.2, 0) is 4.74 Å². The molecule has 0 bridgehead atoms. The molecule has 0 radical (unpaired) electrons. The zero-order valence-corrected chi connectivity index (χ0v) is 8.28. The summed E-state index contributed by atoms with van der Waals surface area (Å²) in [6.45, 7) is 2.12. The molecule has 1 aromatic carbocycles. The van der Waals surface area contributed by atoms with Crippen molar-refractivity contribution < 1.29 is 9.53 Å². The Morgan fingerprint density at radius 1 is 1.60 bits per heavy atom. The third kappa shape index (κ3) is 2.07. The third-order valence-corrected chi connectivity index (χ3v) is 1.96. The monoisotopic (exact) mass is 205 g/mol. The Bertz CT molecular complexity index is 478. The number of H-pyrrole nitrogens is 1. The lowest BCUT2D eigenvalue weighted by molar-refractivity contribution is 0.168. The number of rotatable bonds is 2. The fraction of sp³-hybridized carbons (Fsp3) is 0.200. The largest absolute Gasteiger partial charge is 0.450 e. The number of hydrogen-bond donors (Lipinski definition) is 2. The van der Waals surface area contributed by atoms with Gasteiger partial charge in [0, 0.05) is 11.1 Å². The second kappa shape index (κ2) is 4.00. The van der Waals surface area contributed by atoms with Gasteiger partial charge in [-0.05, 0) is 25.1 Å². The Balaban J connectivity index is 2.17. The normalized spacial score (nSPS) is 10.2. The fourth-order valence-corrected chi connectivity index (χ4v) is 1.30. The van der Waals surface area contributed by atoms with E-state index in [1.54, 1.807) is 25.3 Å². The van der Waals surface area contributed by atoms with Crippen molar-refractivity contribution in [2.75, 3.05) is 11.9 Å². The van der Waals surface area contributed by atoms with Crippen molar-refractivity contribution >= 4 is 22.7 Å². The number of aromatic nitrogens is 2. The summed E-state index contributed by atoms with van der Waals surface area (Å²) >= 11 is 0. The van der Waals surface area contributed by atoms with Crippen LogP contribution >= 0.6 is 0 Å². The van der Waals surface area contributed by atoms with Gasteiger partial charge in [-0.15, -0.1) is 0 Å². The Morgan fingerprint density at radius 2 is 2.47 bits per heavy atom. The van der Waals surface area contributed by atoms with Gasteiger partial charge in [0.15, 0.2) is 0 Å². The van der Waals surface area contributed by atoms with Crippen LogP contribution in [0.4, 0.5) is 10.5 Å². The molecule has 1 aromatic heterocycles. The number of benzene rings is 1. The molecule has 1 amide bonds. The van der Waals surface area contributed by atoms with Gasteiger partial charge in [0.25, 0.3) is 0 Å². The first-order valence-corrected chi connectivity index (χ1v) is 4.66. The number of amides is 1. The standard InChI is InChI=1S/C10H11N3O2/c1-2-15-10(14)12-8-4-3-7-6-11-13-9(7)5-8/h3-6H,2H2,1H3,(H,11,13)(H,12,14). The van der Waals surface area contributed by atoms with Gasteiger partial charge >= 0.3 is 6.09 Å². The molecule has 1 heterocycles. The van der Waals surface area contributed by atoms with Crippen molar-refractivity contribution in [2.24, 2.45) is 0 Å². The second-order valence-electron chi connectivity index (χ2n) is 3.02. The molecule has 0 fully saturated rings. The van der Waals surface area contributed by atoms with Gasteiger partial charge in [0.05, 0.1) is 18.3 Å². The van der Waals surface area contributed by atoms with E-state index in [1.165, 1.54) is 0 Å². The summed E-state index contributed by atoms with van der Waals surface area (Å²) in [6, 6.07) is 5.48. The van der Waals surface area contributed by atoms with Crippen LogP contribution in [-0.4, -0.2) is 22.9 Å². The van der Waals surface area contributed by atoms with E-state index in [1.807, 2.05) is 6.07 Å². The van der Waals surface area contributed by atoms with Crippen molar-refractivity contribution in [3.05, 3.63) is 24.4 Å². The topological polar surface area (TPSA) is 67.0 Å². The number of ether oxygens (including phenoxy) is 1. The van der Waals surface area contributed by atoms with Crippen molar-refractivity contribution in [3.8, 4) is 0 Å². The summed E-state index contributed by atoms with van der Waals surface area (Å²) in [5.41, 5.74) is 1.56. The molecule has 0 aliphatic carbocycles. The van der Waals surface area contributed by atoms with E-state index >= 15 is 0 Å². The molecule has 0 aliphatic heterocycles. The van der Waals surface area contributed by atoms with Gasteiger partial charge in [-0.2, -0.15) is 5.10 Å². The molecule has 2 aromatic rings. The van der Waals surface area contributed by atoms with Gasteiger partial charge in [-0.25, -0.2) is 4.79 Å². The molecule has 2 rings (SSSR count). The predicted octanol–water partition coefficient (Wildman–Crippen LogP) is 2.13. The van der Waals surface area contributed by atoms with Crippen molar-refractivity contribution in [1.82, 2.24) is 10.2 Å². The molecule has 0 aliphatic rings. The molecule has 0 unspecified atom stereocenters. The fourth-order valence-electron chi connectivity index (χ4n) is 1.30. The van der Waals surface area contributed by atoms with E-state index in [2.05, 4.69) is 15.5 Å². The quantitative estimate of drug-likeness (QED) is 0.789. The highest BCUT2D eigenvalue weighted by molar-refractivity contribution is 5.89. The molecule has 0 atom stereocenters. The molecular formula is C10H11N3O2. The second-order valence-corrected chi connectivity index (χ2v) is 3.02. The lowest BCUT2D eigenvalue weighted by atomic mass is 10.2. The summed E-state index contributed by atoms with van der Waals surface area (Å²) in [6.07, 6.45) is 1.28. The first-order valence-electron chi connectivity index (χ1n) is 4.66. The van der Waals surface area contributed by atoms with Crippen LogP contribution in [0.15, 0.2) is 24.4 Å². The molecule has 0 spiro atoms. The number of carbonyl (C=O) groups is 1. The minimum Gasteiger partial charge on any atom is -0.450 e. The third-order valence-electron chi connectivity index (χ3n) is 1.96. The average Bonchev–Trinajstić information content (AvgIpc) is 2.65. The Kier molecular flexibility index (Phi) is 2.53. The minimum absolute atomic E-state index is 0.359. The Labute approximate surface area is 86.4 Å². The maximum absolute atomic E-state index is 11.1. The van der Waals surface area contributed by atoms with E-state index in [4.69, 9.17) is 4.74 Å². The van der Waals surface area contributed by atoms with Crippen molar-refractivity contribution in [1.29, 1.82) is 0 Å². The van der Waals surface area contributed by atoms with E-state index in [-0.39, 0.29) is 0 Å². The van der Waals surface area contributed by atoms with E-state index in [9.17, 15) is 4.79 Å². The molecule has 15 heavy (non-hydrogen) atoms. The number of nitrogens with zero attached hydrogens (tertiary/aromatic N) is 1. The van der Waals surface area contributed by atoms with Gasteiger partial charge in [-0.3, -0.25) is 10.4 Å². The van der Waals surface area contributed by atoms with Crippen molar-refractivity contribution in [3.63, 3.8) is 0 Å². The van der Waals surface area contributed by atoms with E-state index < -0.39 is 6.09 Å². The Hall–Kier alpha value is -2.04. The van der Waals surface area contributed by atoms with Gasteiger partial charge in [-0.1, -0.05) is 0 Å². The van der Waals surface area contributed by atoms with E-state index in [0.29, 0.717) is 12.3 Å². The number of carbonyl (C=O) groups excluding carboxylic acids is 1. The molecule has 0 saturated heterocycles. The number of fused-ring (bicyclic) bond motifs is 1. The lowest BCUT2D eigenvalue weighted by Gasteiger charge is -2.04. The maximum Gasteiger partial charge on any atom is 0.411 e. The molecule has 2 N–H and O–H groups in total. The first kappa shape index (κ1) is 9.51. The minimum atomic E-state index is -0.448. The molecule has 5 heteroatoms. The first-order chi connectivity index (χ1) is 7.29. The highest BCUT2D eigenvalue weighted by Gasteiger charge is 2.02. The van der Waals surface area contributed by atoms with Crippen LogP contribution in [0, 0.1) is 0 Å². The summed E-state index contributed by atoms with van der Waals surface area (Å²) in [5, 5.41) is 10.3. The van der Waals surface area contributed by atoms with Crippen LogP contribution in [0.2, 0.25) is 0 Å². The zero-order valence-electron chi connectivity index (χ0n) is 8.28. The summed E-state index contributed by atoms with van der Waals surface area (Å²) in [5.74, 6) is 0. The smallest absolute Gasteiger partial charge is 0.411 e. The predicted molar refractivity (Wildman–Crippen MR) is 56.7 cm³/mol. The maximum atomic E-state index is 11.1. The molecule has 0 saturated carbocycles. The van der Waals surface area contributed by atoms with Gasteiger partial charge in [0.2, 0.25) is 0 Å². The van der Waals surface area contributed by atoms with Crippen LogP contribution in [0.3, 0.4) is 0 Å². The average molecular weight is 205 g/mol. The molecule has 78 valence electrons. The number of nitrogens with one attached hydrogen (secondary N) is 2. The lowest BCUT2D eigenvalue weighted by Crippen LogP contribution is -2.13. The highest BCUT2D eigenvalue weighted by Crippen LogP contribution is 2.16. The number of aromatic amines is 1. The Morgan fingerprint density at radius 3 is 3.27 bits per heavy atom. The number of hydrogen-bond acceptors (Lipinski definition) is 3. The van der Waals surface area contributed by atoms with Gasteiger partial charge in [0.1, 0.15) is 0 Å². The summed E-state index contributed by atoms with van der Waals surface area (Å²) in [4.78, 5) is 11.1. The summed E-state index contributed by atoms with van der Waals surface area (Å²) in [7, 11) is 0. The van der Waals surface area contributed by atoms with Gasteiger partial charge < -0.3 is 4.74 Å². The zero-order chi connectivity index (χ0) is 10.7. The van der Waals surface area contributed by atoms with Crippen LogP contribution in [0.5, 0.6) is 0 Å². The van der Waals surface area contributed by atoms with Crippen LogP contribution in [0.1, 0.15) is 6.92 Å². The summed E-state index contributed by atoms with van der Waals surface area (Å²) < 4.78 is 4.76. The molecular weight excluding hydrogens is 194 g/mol. The number of anilines is 1. The molecule has 5 nitrogen and oxygen atoms in total. The SMILES string of the molecule is CCOC(=O)Nc1ccc2cn[nH]c2c1. The van der Waals surface area contributed by atoms with Crippen molar-refractivity contribution in [2.45, 2.75) is 6.92 Å². The van der Waals surface area contributed by atoms with Crippen LogP contribution in [0.25, 0.3) is 10.9 Å². The van der Waals surface area contributed by atoms with E-state index in [0.717, 1.165) is 10.9 Å².